The normalized spacial score (nSPS) is 21.7. The van der Waals surface area contributed by atoms with Gasteiger partial charge in [0.25, 0.3) is 0 Å². The first-order valence-corrected chi connectivity index (χ1v) is 11.5. The Bertz CT molecular complexity index is 1280. The number of alkyl halides is 3. The number of nitrogens with two attached hydrogens (primary N) is 1. The number of aryl methyl sites for hydroxylation is 1. The Labute approximate surface area is 207 Å². The van der Waals surface area contributed by atoms with Crippen molar-refractivity contribution in [2.75, 3.05) is 5.32 Å². The average Bonchev–Trinajstić information content (AvgIpc) is 2.77. The van der Waals surface area contributed by atoms with Crippen molar-refractivity contribution < 1.29 is 23.1 Å². The van der Waals surface area contributed by atoms with Gasteiger partial charge in [-0.15, -0.1) is 0 Å². The third-order valence-electron chi connectivity index (χ3n) is 6.73. The molecule has 3 aromatic heterocycles. The topological polar surface area (TPSA) is 114 Å². The highest BCUT2D eigenvalue weighted by molar-refractivity contribution is 5.77. The van der Waals surface area contributed by atoms with Crippen LogP contribution in [-0.4, -0.2) is 26.0 Å². The van der Waals surface area contributed by atoms with E-state index in [1.54, 1.807) is 24.4 Å². The number of aliphatic hydroxyl groups is 1. The second-order valence-corrected chi connectivity index (χ2v) is 10.1. The summed E-state index contributed by atoms with van der Waals surface area (Å²) in [6.45, 7) is 5.69. The van der Waals surface area contributed by atoms with Crippen molar-refractivity contribution >= 4 is 17.5 Å². The molecule has 1 aliphatic rings. The maximum absolute atomic E-state index is 13.0. The summed E-state index contributed by atoms with van der Waals surface area (Å²) in [7, 11) is 0. The number of carbonyl (C=O) groups is 1. The number of nitrogens with zero attached hydrogens (tertiary/aromatic N) is 3. The quantitative estimate of drug-likeness (QED) is 0.450. The van der Waals surface area contributed by atoms with Crippen molar-refractivity contribution in [2.45, 2.75) is 51.8 Å². The number of anilines is 2. The minimum Gasteiger partial charge on any atom is -0.384 e. The van der Waals surface area contributed by atoms with Crippen molar-refractivity contribution in [3.8, 4) is 11.3 Å². The molecular weight excluding hydrogens is 471 g/mol. The van der Waals surface area contributed by atoms with Crippen LogP contribution in [0.25, 0.3) is 11.3 Å². The van der Waals surface area contributed by atoms with Crippen LogP contribution >= 0.6 is 0 Å². The second kappa shape index (κ2) is 9.16. The number of nitrogens with one attached hydrogen (secondary N) is 1. The standard InChI is InChI=1S/C26H28F3N5O2/c1-15-10-19(33-22(11-15)34-21-12-17(7-9-31-21)26(27,28)29)16-4-5-20(32-13-16)25(36)8-6-18(23(30)35)24(2,3)14-25/h4-5,7,9-13,18,36H,6,8,14H2,1-3H3,(H2,30,35)(H,31,33,34). The van der Waals surface area contributed by atoms with Gasteiger partial charge in [0.15, 0.2) is 0 Å². The summed E-state index contributed by atoms with van der Waals surface area (Å²) in [5.41, 5.74) is 5.66. The molecule has 3 aromatic rings. The number of aromatic nitrogens is 3. The average molecular weight is 500 g/mol. The highest BCUT2D eigenvalue weighted by Gasteiger charge is 2.47. The van der Waals surface area contributed by atoms with Gasteiger partial charge in [0.2, 0.25) is 5.91 Å². The molecule has 1 fully saturated rings. The van der Waals surface area contributed by atoms with Crippen LogP contribution in [0.3, 0.4) is 0 Å². The summed E-state index contributed by atoms with van der Waals surface area (Å²) in [6, 6.07) is 8.90. The molecule has 2 unspecified atom stereocenters. The molecule has 1 amide bonds. The van der Waals surface area contributed by atoms with Crippen molar-refractivity contribution in [1.29, 1.82) is 0 Å². The molecule has 0 bridgehead atoms. The zero-order chi connectivity index (χ0) is 26.3. The maximum atomic E-state index is 13.0. The van der Waals surface area contributed by atoms with Crippen molar-refractivity contribution in [3.05, 3.63) is 65.6 Å². The van der Waals surface area contributed by atoms with Gasteiger partial charge in [0, 0.05) is 23.9 Å². The highest BCUT2D eigenvalue weighted by Crippen LogP contribution is 2.49. The van der Waals surface area contributed by atoms with Crippen LogP contribution in [0.15, 0.2) is 48.8 Å². The summed E-state index contributed by atoms with van der Waals surface area (Å²) in [4.78, 5) is 24.8. The molecule has 36 heavy (non-hydrogen) atoms. The molecule has 0 saturated heterocycles. The van der Waals surface area contributed by atoms with Crippen molar-refractivity contribution in [3.63, 3.8) is 0 Å². The Balaban J connectivity index is 1.57. The fraction of sp³-hybridized carbons (Fsp3) is 0.385. The number of hydrogen-bond donors (Lipinski definition) is 3. The van der Waals surface area contributed by atoms with Gasteiger partial charge in [0.05, 0.1) is 17.0 Å². The summed E-state index contributed by atoms with van der Waals surface area (Å²) in [5.74, 6) is -0.309. The van der Waals surface area contributed by atoms with Gasteiger partial charge < -0.3 is 16.2 Å². The second-order valence-electron chi connectivity index (χ2n) is 10.1. The fourth-order valence-corrected chi connectivity index (χ4v) is 4.99. The zero-order valence-electron chi connectivity index (χ0n) is 20.2. The highest BCUT2D eigenvalue weighted by atomic mass is 19.4. The summed E-state index contributed by atoms with van der Waals surface area (Å²) in [6.07, 6.45) is -0.587. The minimum atomic E-state index is -4.48. The fourth-order valence-electron chi connectivity index (χ4n) is 4.99. The molecule has 4 rings (SSSR count). The first-order chi connectivity index (χ1) is 16.8. The monoisotopic (exact) mass is 499 g/mol. The molecule has 0 aliphatic heterocycles. The van der Waals surface area contributed by atoms with E-state index in [0.29, 0.717) is 42.0 Å². The summed E-state index contributed by atoms with van der Waals surface area (Å²) >= 11 is 0. The molecule has 1 saturated carbocycles. The van der Waals surface area contributed by atoms with E-state index in [9.17, 15) is 23.1 Å². The van der Waals surface area contributed by atoms with E-state index in [0.717, 1.165) is 23.9 Å². The van der Waals surface area contributed by atoms with Crippen LogP contribution in [0.2, 0.25) is 0 Å². The van der Waals surface area contributed by atoms with Gasteiger partial charge in [-0.05, 0) is 73.6 Å². The molecule has 0 radical (unpaired) electrons. The zero-order valence-corrected chi connectivity index (χ0v) is 20.2. The van der Waals surface area contributed by atoms with E-state index < -0.39 is 22.8 Å². The lowest BCUT2D eigenvalue weighted by Gasteiger charge is -2.45. The van der Waals surface area contributed by atoms with Gasteiger partial charge in [-0.3, -0.25) is 9.78 Å². The largest absolute Gasteiger partial charge is 0.416 e. The van der Waals surface area contributed by atoms with Crippen molar-refractivity contribution in [1.82, 2.24) is 15.0 Å². The molecule has 190 valence electrons. The molecule has 0 spiro atoms. The molecule has 1 aliphatic carbocycles. The third kappa shape index (κ3) is 5.33. The number of carbonyl (C=O) groups excluding carboxylic acids is 1. The van der Waals surface area contributed by atoms with Crippen LogP contribution in [0.1, 0.15) is 49.9 Å². The van der Waals surface area contributed by atoms with Crippen LogP contribution in [-0.2, 0) is 16.6 Å². The molecule has 7 nitrogen and oxygen atoms in total. The Morgan fingerprint density at radius 2 is 1.89 bits per heavy atom. The van der Waals surface area contributed by atoms with Gasteiger partial charge in [-0.2, -0.15) is 13.2 Å². The minimum absolute atomic E-state index is 0.0266. The van der Waals surface area contributed by atoms with Crippen LogP contribution in [0, 0.1) is 18.3 Å². The molecular formula is C26H28F3N5O2. The van der Waals surface area contributed by atoms with Crippen LogP contribution in [0.5, 0.6) is 0 Å². The number of rotatable bonds is 5. The Hall–Kier alpha value is -3.53. The van der Waals surface area contributed by atoms with E-state index in [4.69, 9.17) is 5.73 Å². The van der Waals surface area contributed by atoms with Gasteiger partial charge >= 0.3 is 6.18 Å². The van der Waals surface area contributed by atoms with Gasteiger partial charge in [-0.25, -0.2) is 9.97 Å². The Morgan fingerprint density at radius 3 is 2.50 bits per heavy atom. The predicted molar refractivity (Wildman–Crippen MR) is 129 cm³/mol. The SMILES string of the molecule is Cc1cc(Nc2cc(C(F)(F)F)ccn2)nc(-c2ccc(C3(O)CCC(C(N)=O)C(C)(C)C3)nc2)c1. The maximum Gasteiger partial charge on any atom is 0.416 e. The van der Waals surface area contributed by atoms with Crippen LogP contribution < -0.4 is 11.1 Å². The number of amides is 1. The first-order valence-electron chi connectivity index (χ1n) is 11.5. The van der Waals surface area contributed by atoms with Crippen LogP contribution in [0.4, 0.5) is 24.8 Å². The first kappa shape index (κ1) is 25.6. The van der Waals surface area contributed by atoms with Crippen molar-refractivity contribution in [2.24, 2.45) is 17.1 Å². The molecule has 3 heterocycles. The number of hydrogen-bond acceptors (Lipinski definition) is 6. The molecule has 2 atom stereocenters. The van der Waals surface area contributed by atoms with E-state index >= 15 is 0 Å². The van der Waals surface area contributed by atoms with E-state index in [1.165, 1.54) is 0 Å². The summed E-state index contributed by atoms with van der Waals surface area (Å²) in [5, 5.41) is 14.2. The van der Waals surface area contributed by atoms with Gasteiger partial charge in [0.1, 0.15) is 17.2 Å². The lowest BCUT2D eigenvalue weighted by Crippen LogP contribution is -2.46. The Kier molecular flexibility index (Phi) is 6.51. The number of pyridine rings is 3. The number of primary amides is 1. The smallest absolute Gasteiger partial charge is 0.384 e. The van der Waals surface area contributed by atoms with E-state index in [-0.39, 0.29) is 17.6 Å². The molecule has 4 N–H and O–H groups in total. The predicted octanol–water partition coefficient (Wildman–Crippen LogP) is 5.11. The van der Waals surface area contributed by atoms with E-state index in [2.05, 4.69) is 20.3 Å². The molecule has 10 heteroatoms. The lowest BCUT2D eigenvalue weighted by molar-refractivity contribution is -0.137. The van der Waals surface area contributed by atoms with Gasteiger partial charge in [-0.1, -0.05) is 13.8 Å². The summed E-state index contributed by atoms with van der Waals surface area (Å²) < 4.78 is 39.1. The molecule has 0 aromatic carbocycles. The van der Waals surface area contributed by atoms with E-state index in [1.807, 2.05) is 26.8 Å². The Morgan fingerprint density at radius 1 is 1.14 bits per heavy atom. The number of halogens is 3. The third-order valence-corrected chi connectivity index (χ3v) is 6.73. The lowest BCUT2D eigenvalue weighted by atomic mass is 9.62.